The summed E-state index contributed by atoms with van der Waals surface area (Å²) < 4.78 is 0. The van der Waals surface area contributed by atoms with Gasteiger partial charge in [0.2, 0.25) is 21.1 Å². The number of allylic oxidation sites excluding steroid dienone is 7. The van der Waals surface area contributed by atoms with Crippen LogP contribution in [-0.4, -0.2) is 5.78 Å². The van der Waals surface area contributed by atoms with E-state index < -0.39 is 0 Å². The minimum absolute atomic E-state index is 0.147. The van der Waals surface area contributed by atoms with Crippen molar-refractivity contribution >= 4 is 39.9 Å². The summed E-state index contributed by atoms with van der Waals surface area (Å²) in [7, 11) is 0. The third kappa shape index (κ3) is 14.4. The van der Waals surface area contributed by atoms with Gasteiger partial charge < -0.3 is 5.11 Å². The molecule has 5 rings (SSSR count). The van der Waals surface area contributed by atoms with E-state index in [4.69, 9.17) is 0 Å². The lowest BCUT2D eigenvalue weighted by Gasteiger charge is -2.29. The number of benzene rings is 2. The predicted octanol–water partition coefficient (Wildman–Crippen LogP) is 16.0. The lowest BCUT2D eigenvalue weighted by Crippen LogP contribution is -2.29. The van der Waals surface area contributed by atoms with Crippen LogP contribution in [0.5, 0.6) is 0 Å². The summed E-state index contributed by atoms with van der Waals surface area (Å²) in [6, 6.07) is 22.5. The number of hydrogen-bond donors (Lipinski definition) is 0. The Balaban J connectivity index is 1.34. The van der Waals surface area contributed by atoms with Crippen LogP contribution >= 0.6 is 23.1 Å². The number of ketones is 1. The van der Waals surface area contributed by atoms with Gasteiger partial charge in [-0.25, -0.2) is 0 Å². The van der Waals surface area contributed by atoms with E-state index in [1.165, 1.54) is 145 Å². The first-order valence-electron chi connectivity index (χ1n) is 23.1. The maximum absolute atomic E-state index is 13.7. The van der Waals surface area contributed by atoms with E-state index in [-0.39, 0.29) is 11.5 Å². The molecule has 0 bridgehead atoms. The van der Waals surface area contributed by atoms with Crippen LogP contribution in [0.1, 0.15) is 177 Å². The largest absolute Gasteiger partial charge is 0.871 e. The molecule has 1 aliphatic heterocycles. The van der Waals surface area contributed by atoms with Crippen molar-refractivity contribution in [2.24, 2.45) is 0 Å². The summed E-state index contributed by atoms with van der Waals surface area (Å²) in [5.74, 6) is -0.294. The van der Waals surface area contributed by atoms with E-state index in [2.05, 4.69) is 101 Å². The fourth-order valence-electron chi connectivity index (χ4n) is 7.87. The molecule has 2 aromatic carbocycles. The van der Waals surface area contributed by atoms with E-state index in [0.29, 0.717) is 11.1 Å². The molecule has 0 amide bonds. The Morgan fingerprint density at radius 1 is 0.569 bits per heavy atom. The zero-order chi connectivity index (χ0) is 41.0. The molecule has 4 heteroatoms. The average Bonchev–Trinajstić information content (AvgIpc) is 3.25. The van der Waals surface area contributed by atoms with E-state index in [9.17, 15) is 9.90 Å². The van der Waals surface area contributed by atoms with Crippen LogP contribution in [0.2, 0.25) is 0 Å². The molecule has 1 aromatic heterocycles. The summed E-state index contributed by atoms with van der Waals surface area (Å²) in [4.78, 5) is 18.7. The van der Waals surface area contributed by atoms with Crippen LogP contribution < -0.4 is 5.11 Å². The Kier molecular flexibility index (Phi) is 19.8. The van der Waals surface area contributed by atoms with Crippen molar-refractivity contribution in [2.45, 2.75) is 169 Å². The SMILES string of the molecule is CCCCCCCCc1ccc(C2=CC(=CC3=C([O-])C(=Cc4cc(CCCCC)[s+]c(-c5ccc(CCCCCCCC)cc5)c4)C3=O)C=C(CCCCC)S2)cc1. The van der Waals surface area contributed by atoms with Crippen LogP contribution in [-0.2, 0) is 24.1 Å². The van der Waals surface area contributed by atoms with Crippen LogP contribution in [0.15, 0.2) is 106 Å². The molecule has 0 saturated carbocycles. The van der Waals surface area contributed by atoms with Gasteiger partial charge in [-0.05, 0) is 114 Å². The van der Waals surface area contributed by atoms with Crippen molar-refractivity contribution in [3.05, 3.63) is 133 Å². The summed E-state index contributed by atoms with van der Waals surface area (Å²) in [6.07, 6.45) is 35.0. The van der Waals surface area contributed by atoms with E-state index in [0.717, 1.165) is 49.7 Å². The van der Waals surface area contributed by atoms with Crippen molar-refractivity contribution in [3.8, 4) is 10.4 Å². The summed E-state index contributed by atoms with van der Waals surface area (Å²) in [5.41, 5.74) is 7.66. The second-order valence-corrected chi connectivity index (χ2v) is 18.9. The van der Waals surface area contributed by atoms with Gasteiger partial charge in [0.05, 0.1) is 0 Å². The van der Waals surface area contributed by atoms with Crippen molar-refractivity contribution in [1.29, 1.82) is 0 Å². The van der Waals surface area contributed by atoms with Crippen molar-refractivity contribution < 1.29 is 9.90 Å². The standard InChI is InChI=1S/C54H70O2S2/c1-5-9-13-15-17-21-23-41-27-31-45(32-28-41)51-39-43(35-47(57-51)25-19-11-7-3)37-49-53(55)50(54(49)56)38-44-36-48(26-20-12-8-4)58-52(40-44)46-33-29-42(30-34-46)24-22-18-16-14-10-6-2/h27-40H,5-26H2,1-4H3. The zero-order valence-corrected chi connectivity index (χ0v) is 37.9. The molecule has 2 heterocycles. The molecule has 0 unspecified atom stereocenters. The number of rotatable bonds is 26. The van der Waals surface area contributed by atoms with Crippen molar-refractivity contribution in [1.82, 2.24) is 0 Å². The van der Waals surface area contributed by atoms with Gasteiger partial charge in [-0.1, -0.05) is 172 Å². The van der Waals surface area contributed by atoms with Gasteiger partial charge in [-0.2, -0.15) is 0 Å². The zero-order valence-electron chi connectivity index (χ0n) is 36.3. The molecule has 0 spiro atoms. The number of carbonyl (C=O) groups is 1. The van der Waals surface area contributed by atoms with Crippen molar-refractivity contribution in [3.63, 3.8) is 0 Å². The van der Waals surface area contributed by atoms with Crippen LogP contribution in [0, 0.1) is 0 Å². The molecule has 0 radical (unpaired) electrons. The molecule has 1 aliphatic carbocycles. The normalized spacial score (nSPS) is 15.6. The van der Waals surface area contributed by atoms with Gasteiger partial charge in [-0.15, -0.1) is 0 Å². The Hall–Kier alpha value is -3.47. The fourth-order valence-corrected chi connectivity index (χ4v) is 10.2. The van der Waals surface area contributed by atoms with Crippen molar-refractivity contribution in [2.75, 3.05) is 0 Å². The van der Waals surface area contributed by atoms with Gasteiger partial charge in [0, 0.05) is 40.2 Å². The number of unbranched alkanes of at least 4 members (excludes halogenated alkanes) is 14. The molecular formula is C54H70O2S2. The number of carbonyl (C=O) groups excluding carboxylic acids is 1. The third-order valence-corrected chi connectivity index (χ3v) is 13.8. The fraction of sp³-hybridized carbons (Fsp3) is 0.481. The Bertz CT molecular complexity index is 1900. The minimum Gasteiger partial charge on any atom is -0.871 e. The number of Topliss-reactive ketones (excluding diaryl/α,β-unsaturated/α-hetero) is 1. The molecule has 310 valence electrons. The summed E-state index contributed by atoms with van der Waals surface area (Å²) in [5, 5.41) is 13.7. The third-order valence-electron chi connectivity index (χ3n) is 11.5. The highest BCUT2D eigenvalue weighted by Gasteiger charge is 2.27. The first kappa shape index (κ1) is 45.6. The Morgan fingerprint density at radius 3 is 1.67 bits per heavy atom. The van der Waals surface area contributed by atoms with Crippen LogP contribution in [0.4, 0.5) is 0 Å². The average molecular weight is 815 g/mol. The van der Waals surface area contributed by atoms with Crippen LogP contribution in [0.25, 0.3) is 21.4 Å². The van der Waals surface area contributed by atoms with Gasteiger partial charge in [0.15, 0.2) is 5.78 Å². The number of hydrogen-bond acceptors (Lipinski definition) is 3. The molecule has 58 heavy (non-hydrogen) atoms. The van der Waals surface area contributed by atoms with Crippen LogP contribution in [0.3, 0.4) is 0 Å². The van der Waals surface area contributed by atoms with Gasteiger partial charge >= 0.3 is 0 Å². The Labute approximate surface area is 360 Å². The van der Waals surface area contributed by atoms with E-state index >= 15 is 0 Å². The first-order valence-corrected chi connectivity index (χ1v) is 24.7. The topological polar surface area (TPSA) is 40.1 Å². The smallest absolute Gasteiger partial charge is 0.238 e. The quantitative estimate of drug-likeness (QED) is 0.0460. The second-order valence-electron chi connectivity index (χ2n) is 16.6. The predicted molar refractivity (Wildman–Crippen MR) is 254 cm³/mol. The molecule has 0 saturated heterocycles. The van der Waals surface area contributed by atoms with Gasteiger partial charge in [0.25, 0.3) is 0 Å². The molecule has 2 nitrogen and oxygen atoms in total. The second kappa shape index (κ2) is 25.2. The summed E-state index contributed by atoms with van der Waals surface area (Å²) >= 11 is 3.67. The molecule has 0 N–H and O–H groups in total. The van der Waals surface area contributed by atoms with E-state index in [1.807, 2.05) is 35.3 Å². The highest BCUT2D eigenvalue weighted by molar-refractivity contribution is 8.11. The molecule has 3 aromatic rings. The van der Waals surface area contributed by atoms with Gasteiger partial charge in [0.1, 0.15) is 0 Å². The molecular weight excluding hydrogens is 745 g/mol. The summed E-state index contributed by atoms with van der Waals surface area (Å²) in [6.45, 7) is 9.01. The van der Waals surface area contributed by atoms with Gasteiger partial charge in [-0.3, -0.25) is 4.79 Å². The Morgan fingerprint density at radius 2 is 1.09 bits per heavy atom. The monoisotopic (exact) mass is 814 g/mol. The molecule has 2 aliphatic rings. The molecule has 0 fully saturated rings. The number of thioether (sulfide) groups is 1. The first-order chi connectivity index (χ1) is 28.4. The van der Waals surface area contributed by atoms with E-state index in [1.54, 1.807) is 0 Å². The minimum atomic E-state index is -0.147. The maximum Gasteiger partial charge on any atom is 0.238 e. The lowest BCUT2D eigenvalue weighted by molar-refractivity contribution is -0.300. The lowest BCUT2D eigenvalue weighted by atomic mass is 9.85. The highest BCUT2D eigenvalue weighted by atomic mass is 32.2. The number of aryl methyl sites for hydroxylation is 3. The highest BCUT2D eigenvalue weighted by Crippen LogP contribution is 2.43. The maximum atomic E-state index is 13.7. The molecule has 0 atom stereocenters.